The monoisotopic (exact) mass is 426 g/mol. The van der Waals surface area contributed by atoms with Gasteiger partial charge in [-0.15, -0.1) is 16.4 Å². The normalized spacial score (nSPS) is 10.7. The van der Waals surface area contributed by atoms with Crippen molar-refractivity contribution in [3.8, 4) is 16.9 Å². The molecule has 0 fully saturated rings. The van der Waals surface area contributed by atoms with E-state index in [1.165, 1.54) is 22.3 Å². The summed E-state index contributed by atoms with van der Waals surface area (Å²) in [5.41, 5.74) is 3.00. The molecule has 4 rings (SSSR count). The van der Waals surface area contributed by atoms with Crippen molar-refractivity contribution in [2.24, 2.45) is 0 Å². The van der Waals surface area contributed by atoms with Gasteiger partial charge >= 0.3 is 0 Å². The van der Waals surface area contributed by atoms with Crippen LogP contribution in [0.2, 0.25) is 0 Å². The second-order valence-corrected chi connectivity index (χ2v) is 7.08. The standard InChI is InChI=1S/C17H11BrN6OS/c18-13-5-1-3-11(7-13)15-9-26-17(20-15)21-16(25)12-4-2-6-14(8-12)24-10-19-22-23-24/h1-10H,(H,20,21,25). The van der Waals surface area contributed by atoms with E-state index in [-0.39, 0.29) is 5.91 Å². The summed E-state index contributed by atoms with van der Waals surface area (Å²) in [4.78, 5) is 17.0. The highest BCUT2D eigenvalue weighted by Crippen LogP contribution is 2.27. The summed E-state index contributed by atoms with van der Waals surface area (Å²) in [6.45, 7) is 0. The molecule has 2 aromatic heterocycles. The van der Waals surface area contributed by atoms with Crippen LogP contribution in [0.25, 0.3) is 16.9 Å². The van der Waals surface area contributed by atoms with Gasteiger partial charge in [-0.05, 0) is 40.8 Å². The third-order valence-electron chi connectivity index (χ3n) is 3.57. The molecule has 0 saturated carbocycles. The van der Waals surface area contributed by atoms with Gasteiger partial charge in [0.2, 0.25) is 0 Å². The second kappa shape index (κ2) is 7.14. The van der Waals surface area contributed by atoms with Gasteiger partial charge in [0, 0.05) is 21.0 Å². The Balaban J connectivity index is 1.53. The van der Waals surface area contributed by atoms with Crippen LogP contribution >= 0.6 is 27.3 Å². The van der Waals surface area contributed by atoms with Crippen LogP contribution in [0.4, 0.5) is 5.13 Å². The van der Waals surface area contributed by atoms with E-state index >= 15 is 0 Å². The Hall–Kier alpha value is -2.91. The van der Waals surface area contributed by atoms with Crippen LogP contribution in [0.5, 0.6) is 0 Å². The highest BCUT2D eigenvalue weighted by Gasteiger charge is 2.11. The lowest BCUT2D eigenvalue weighted by molar-refractivity contribution is 0.102. The van der Waals surface area contributed by atoms with E-state index in [0.717, 1.165) is 15.7 Å². The molecule has 0 aliphatic carbocycles. The van der Waals surface area contributed by atoms with Crippen molar-refractivity contribution >= 4 is 38.3 Å². The molecular formula is C17H11BrN6OS. The van der Waals surface area contributed by atoms with Gasteiger partial charge in [0.25, 0.3) is 5.91 Å². The number of carbonyl (C=O) groups excluding carboxylic acids is 1. The predicted molar refractivity (Wildman–Crippen MR) is 102 cm³/mol. The van der Waals surface area contributed by atoms with Gasteiger partial charge in [-0.1, -0.05) is 34.1 Å². The van der Waals surface area contributed by atoms with Crippen molar-refractivity contribution in [1.82, 2.24) is 25.2 Å². The molecule has 0 spiro atoms. The molecule has 1 amide bonds. The van der Waals surface area contributed by atoms with E-state index < -0.39 is 0 Å². The van der Waals surface area contributed by atoms with Crippen LogP contribution < -0.4 is 5.32 Å². The zero-order valence-corrected chi connectivity index (χ0v) is 15.6. The third-order valence-corrected chi connectivity index (χ3v) is 4.82. The minimum Gasteiger partial charge on any atom is -0.298 e. The number of rotatable bonds is 4. The van der Waals surface area contributed by atoms with E-state index in [9.17, 15) is 4.79 Å². The van der Waals surface area contributed by atoms with Crippen LogP contribution in [-0.4, -0.2) is 31.1 Å². The van der Waals surface area contributed by atoms with E-state index in [1.807, 2.05) is 35.7 Å². The minimum atomic E-state index is -0.241. The molecule has 0 aliphatic heterocycles. The molecule has 128 valence electrons. The molecule has 1 N–H and O–H groups in total. The lowest BCUT2D eigenvalue weighted by Gasteiger charge is -2.04. The zero-order chi connectivity index (χ0) is 17.9. The number of hydrogen-bond donors (Lipinski definition) is 1. The quantitative estimate of drug-likeness (QED) is 0.536. The Morgan fingerprint density at radius 2 is 2.04 bits per heavy atom. The van der Waals surface area contributed by atoms with Crippen molar-refractivity contribution in [2.45, 2.75) is 0 Å². The molecule has 2 aromatic carbocycles. The first kappa shape index (κ1) is 16.6. The van der Waals surface area contributed by atoms with Crippen LogP contribution in [0.3, 0.4) is 0 Å². The van der Waals surface area contributed by atoms with Gasteiger partial charge in [-0.2, -0.15) is 0 Å². The summed E-state index contributed by atoms with van der Waals surface area (Å²) in [6, 6.07) is 14.9. The summed E-state index contributed by atoms with van der Waals surface area (Å²) >= 11 is 4.83. The van der Waals surface area contributed by atoms with Crippen LogP contribution in [0.15, 0.2) is 64.7 Å². The number of amides is 1. The average molecular weight is 427 g/mol. The first-order chi connectivity index (χ1) is 12.7. The maximum atomic E-state index is 12.5. The summed E-state index contributed by atoms with van der Waals surface area (Å²) in [6.07, 6.45) is 1.47. The van der Waals surface area contributed by atoms with Crippen molar-refractivity contribution in [1.29, 1.82) is 0 Å². The SMILES string of the molecule is O=C(Nc1nc(-c2cccc(Br)c2)cs1)c1cccc(-n2cnnn2)c1. The number of anilines is 1. The number of carbonyl (C=O) groups is 1. The van der Waals surface area contributed by atoms with Crippen molar-refractivity contribution in [3.05, 3.63) is 70.3 Å². The maximum Gasteiger partial charge on any atom is 0.257 e. The van der Waals surface area contributed by atoms with E-state index in [2.05, 4.69) is 41.8 Å². The van der Waals surface area contributed by atoms with Crippen LogP contribution in [0.1, 0.15) is 10.4 Å². The molecule has 0 radical (unpaired) electrons. The van der Waals surface area contributed by atoms with Crippen molar-refractivity contribution in [2.75, 3.05) is 5.32 Å². The smallest absolute Gasteiger partial charge is 0.257 e. The number of aromatic nitrogens is 5. The number of halogens is 1. The predicted octanol–water partition coefficient (Wildman–Crippen LogP) is 3.80. The number of tetrazole rings is 1. The third kappa shape index (κ3) is 3.53. The van der Waals surface area contributed by atoms with Gasteiger partial charge < -0.3 is 0 Å². The minimum absolute atomic E-state index is 0.241. The Bertz CT molecular complexity index is 1060. The van der Waals surface area contributed by atoms with Crippen molar-refractivity contribution in [3.63, 3.8) is 0 Å². The molecule has 4 aromatic rings. The highest BCUT2D eigenvalue weighted by molar-refractivity contribution is 9.10. The number of benzene rings is 2. The van der Waals surface area contributed by atoms with Crippen LogP contribution in [-0.2, 0) is 0 Å². The van der Waals surface area contributed by atoms with Crippen molar-refractivity contribution < 1.29 is 4.79 Å². The molecule has 0 atom stereocenters. The number of nitrogens with zero attached hydrogens (tertiary/aromatic N) is 5. The maximum absolute atomic E-state index is 12.5. The van der Waals surface area contributed by atoms with Gasteiger partial charge in [-0.25, -0.2) is 9.67 Å². The van der Waals surface area contributed by atoms with E-state index in [4.69, 9.17) is 0 Å². The summed E-state index contributed by atoms with van der Waals surface area (Å²) in [5.74, 6) is -0.241. The first-order valence-electron chi connectivity index (χ1n) is 7.55. The largest absolute Gasteiger partial charge is 0.298 e. The Labute approximate surface area is 160 Å². The number of thiazole rings is 1. The van der Waals surface area contributed by atoms with Gasteiger partial charge in [0.1, 0.15) is 6.33 Å². The molecule has 2 heterocycles. The Kier molecular flexibility index (Phi) is 4.55. The molecular weight excluding hydrogens is 416 g/mol. The molecule has 0 saturated heterocycles. The average Bonchev–Trinajstić information content (AvgIpc) is 3.34. The van der Waals surface area contributed by atoms with Gasteiger partial charge in [0.05, 0.1) is 11.4 Å². The lowest BCUT2D eigenvalue weighted by Crippen LogP contribution is -2.12. The summed E-state index contributed by atoms with van der Waals surface area (Å²) < 4.78 is 2.47. The van der Waals surface area contributed by atoms with Gasteiger partial charge in [0.15, 0.2) is 5.13 Å². The fraction of sp³-hybridized carbons (Fsp3) is 0. The van der Waals surface area contributed by atoms with Gasteiger partial charge in [-0.3, -0.25) is 10.1 Å². The Morgan fingerprint density at radius 3 is 2.85 bits per heavy atom. The fourth-order valence-corrected chi connectivity index (χ4v) is 3.46. The highest BCUT2D eigenvalue weighted by atomic mass is 79.9. The topological polar surface area (TPSA) is 85.6 Å². The summed E-state index contributed by atoms with van der Waals surface area (Å²) in [5, 5.41) is 16.3. The van der Waals surface area contributed by atoms with Crippen LogP contribution in [0, 0.1) is 0 Å². The molecule has 0 unspecified atom stereocenters. The second-order valence-electron chi connectivity index (χ2n) is 5.31. The fourth-order valence-electron chi connectivity index (χ4n) is 2.35. The zero-order valence-electron chi connectivity index (χ0n) is 13.2. The first-order valence-corrected chi connectivity index (χ1v) is 9.22. The molecule has 26 heavy (non-hydrogen) atoms. The van der Waals surface area contributed by atoms with E-state index in [0.29, 0.717) is 16.4 Å². The lowest BCUT2D eigenvalue weighted by atomic mass is 10.2. The summed E-state index contributed by atoms with van der Waals surface area (Å²) in [7, 11) is 0. The molecule has 0 aliphatic rings. The number of nitrogens with one attached hydrogen (secondary N) is 1. The number of hydrogen-bond acceptors (Lipinski definition) is 6. The molecule has 9 heteroatoms. The Morgan fingerprint density at radius 1 is 1.15 bits per heavy atom. The molecule has 0 bridgehead atoms. The van der Waals surface area contributed by atoms with E-state index in [1.54, 1.807) is 18.2 Å². The molecule has 7 nitrogen and oxygen atoms in total.